The highest BCUT2D eigenvalue weighted by Crippen LogP contribution is 2.32. The number of thiophene rings is 1. The fraction of sp³-hybridized carbons (Fsp3) is 0.429. The van der Waals surface area contributed by atoms with Gasteiger partial charge in [0.1, 0.15) is 0 Å². The van der Waals surface area contributed by atoms with Gasteiger partial charge in [0.25, 0.3) is 5.91 Å². The van der Waals surface area contributed by atoms with Crippen LogP contribution < -0.4 is 5.73 Å². The van der Waals surface area contributed by atoms with Crippen molar-refractivity contribution in [3.63, 3.8) is 0 Å². The molecule has 0 bridgehead atoms. The van der Waals surface area contributed by atoms with E-state index in [1.54, 1.807) is 12.1 Å². The summed E-state index contributed by atoms with van der Waals surface area (Å²) in [7, 11) is 0. The molecule has 1 fully saturated rings. The molecule has 3 rings (SSSR count). The van der Waals surface area contributed by atoms with E-state index in [1.807, 2.05) is 17.9 Å². The molecule has 0 saturated carbocycles. The van der Waals surface area contributed by atoms with Crippen LogP contribution >= 0.6 is 35.3 Å². The van der Waals surface area contributed by atoms with E-state index in [0.29, 0.717) is 34.8 Å². The van der Waals surface area contributed by atoms with Gasteiger partial charge in [-0.25, -0.2) is 0 Å². The number of likely N-dealkylation sites (tertiary alicyclic amines) is 1. The van der Waals surface area contributed by atoms with Crippen LogP contribution in [0.25, 0.3) is 10.6 Å². The summed E-state index contributed by atoms with van der Waals surface area (Å²) in [5.41, 5.74) is 6.03. The number of aromatic nitrogens is 1. The zero-order valence-corrected chi connectivity index (χ0v) is 14.4. The third kappa shape index (κ3) is 3.30. The van der Waals surface area contributed by atoms with E-state index in [4.69, 9.17) is 21.9 Å². The Bertz CT molecular complexity index is 658. The summed E-state index contributed by atoms with van der Waals surface area (Å²) in [5.74, 6) is 0.833. The van der Waals surface area contributed by atoms with Crippen LogP contribution in [0.2, 0.25) is 4.34 Å². The number of hydrogen-bond acceptors (Lipinski definition) is 5. The van der Waals surface area contributed by atoms with Crippen LogP contribution in [0.5, 0.6) is 0 Å². The Hall–Kier alpha value is -1.08. The van der Waals surface area contributed by atoms with Crippen LogP contribution in [0.1, 0.15) is 23.8 Å². The maximum atomic E-state index is 12.5. The maximum Gasteiger partial charge on any atom is 0.276 e. The number of carbonyl (C=O) groups excluding carboxylic acids is 1. The predicted octanol–water partition coefficient (Wildman–Crippen LogP) is 3.29. The number of nitrogens with two attached hydrogens (primary N) is 1. The van der Waals surface area contributed by atoms with Gasteiger partial charge >= 0.3 is 0 Å². The highest BCUT2D eigenvalue weighted by Gasteiger charge is 2.33. The van der Waals surface area contributed by atoms with Crippen molar-refractivity contribution in [3.05, 3.63) is 28.2 Å². The minimum Gasteiger partial charge on any atom is -0.355 e. The van der Waals surface area contributed by atoms with Crippen LogP contribution in [0.3, 0.4) is 0 Å². The first-order valence-electron chi connectivity index (χ1n) is 6.82. The van der Waals surface area contributed by atoms with Gasteiger partial charge in [0, 0.05) is 18.7 Å². The average Bonchev–Trinajstić information content (AvgIpc) is 3.16. The molecule has 2 aromatic heterocycles. The minimum absolute atomic E-state index is 0. The molecule has 120 valence electrons. The van der Waals surface area contributed by atoms with Crippen molar-refractivity contribution in [2.75, 3.05) is 13.1 Å². The third-order valence-corrected chi connectivity index (χ3v) is 5.05. The van der Waals surface area contributed by atoms with Crippen molar-refractivity contribution in [3.8, 4) is 10.6 Å². The molecule has 2 aromatic rings. The Morgan fingerprint density at radius 3 is 2.95 bits per heavy atom. The molecule has 1 amide bonds. The molecule has 1 saturated heterocycles. The van der Waals surface area contributed by atoms with E-state index in [-0.39, 0.29) is 24.4 Å². The number of carbonyl (C=O) groups is 1. The molecule has 0 aromatic carbocycles. The number of rotatable bonds is 3. The Labute approximate surface area is 143 Å². The third-order valence-electron chi connectivity index (χ3n) is 3.80. The zero-order chi connectivity index (χ0) is 15.0. The summed E-state index contributed by atoms with van der Waals surface area (Å²) in [5, 5.41) is 3.90. The number of nitrogens with zero attached hydrogens (tertiary/aromatic N) is 2. The molecule has 1 aliphatic heterocycles. The van der Waals surface area contributed by atoms with Crippen molar-refractivity contribution < 1.29 is 9.32 Å². The minimum atomic E-state index is -0.101. The van der Waals surface area contributed by atoms with E-state index in [9.17, 15) is 4.79 Å². The van der Waals surface area contributed by atoms with Gasteiger partial charge in [-0.05, 0) is 37.9 Å². The Morgan fingerprint density at radius 2 is 2.36 bits per heavy atom. The van der Waals surface area contributed by atoms with Gasteiger partial charge < -0.3 is 15.2 Å². The normalized spacial score (nSPS) is 21.0. The van der Waals surface area contributed by atoms with Crippen molar-refractivity contribution >= 4 is 41.3 Å². The van der Waals surface area contributed by atoms with Crippen molar-refractivity contribution in [2.24, 2.45) is 11.7 Å². The maximum absolute atomic E-state index is 12.5. The van der Waals surface area contributed by atoms with Crippen molar-refractivity contribution in [1.82, 2.24) is 10.1 Å². The fourth-order valence-corrected chi connectivity index (χ4v) is 3.67. The Kier molecular flexibility index (Phi) is 5.50. The average molecular weight is 362 g/mol. The van der Waals surface area contributed by atoms with E-state index >= 15 is 0 Å². The van der Waals surface area contributed by atoms with E-state index < -0.39 is 0 Å². The molecule has 2 atom stereocenters. The van der Waals surface area contributed by atoms with E-state index in [2.05, 4.69) is 5.16 Å². The van der Waals surface area contributed by atoms with E-state index in [0.717, 1.165) is 11.3 Å². The Morgan fingerprint density at radius 1 is 1.59 bits per heavy atom. The largest absolute Gasteiger partial charge is 0.355 e. The van der Waals surface area contributed by atoms with Gasteiger partial charge in [-0.15, -0.1) is 23.7 Å². The van der Waals surface area contributed by atoms with Crippen molar-refractivity contribution in [2.45, 2.75) is 19.4 Å². The highest BCUT2D eigenvalue weighted by molar-refractivity contribution is 7.19. The summed E-state index contributed by atoms with van der Waals surface area (Å²) >= 11 is 7.30. The predicted molar refractivity (Wildman–Crippen MR) is 89.7 cm³/mol. The van der Waals surface area contributed by atoms with Gasteiger partial charge in [0.15, 0.2) is 11.5 Å². The molecule has 0 aliphatic carbocycles. The second kappa shape index (κ2) is 7.00. The molecule has 0 radical (unpaired) electrons. The lowest BCUT2D eigenvalue weighted by Crippen LogP contribution is -2.34. The monoisotopic (exact) mass is 361 g/mol. The lowest BCUT2D eigenvalue weighted by molar-refractivity contribution is 0.0733. The summed E-state index contributed by atoms with van der Waals surface area (Å²) in [4.78, 5) is 15.2. The molecule has 1 aliphatic rings. The lowest BCUT2D eigenvalue weighted by Gasteiger charge is -2.19. The molecule has 3 heterocycles. The molecule has 5 nitrogen and oxygen atoms in total. The van der Waals surface area contributed by atoms with Gasteiger partial charge in [-0.1, -0.05) is 16.8 Å². The van der Waals surface area contributed by atoms with Crippen LogP contribution in [0.4, 0.5) is 0 Å². The standard InChI is InChI=1S/C14H16ClN3O2S.ClH/c1-8-4-9(6-16)7-18(8)14(19)10-5-11(20-17-10)12-2-3-13(15)21-12;/h2-3,5,8-9H,4,6-7,16H2,1H3;1H. The summed E-state index contributed by atoms with van der Waals surface area (Å²) in [6, 6.07) is 5.50. The lowest BCUT2D eigenvalue weighted by atomic mass is 10.1. The highest BCUT2D eigenvalue weighted by atomic mass is 35.5. The summed E-state index contributed by atoms with van der Waals surface area (Å²) < 4.78 is 5.94. The SMILES string of the molecule is CC1CC(CN)CN1C(=O)c1cc(-c2ccc(Cl)s2)on1.Cl. The van der Waals surface area contributed by atoms with Crippen molar-refractivity contribution in [1.29, 1.82) is 0 Å². The fourth-order valence-electron chi connectivity index (χ4n) is 2.68. The van der Waals surface area contributed by atoms with Gasteiger partial charge in [-0.2, -0.15) is 0 Å². The van der Waals surface area contributed by atoms with Gasteiger partial charge in [0.05, 0.1) is 9.21 Å². The van der Waals surface area contributed by atoms with E-state index in [1.165, 1.54) is 11.3 Å². The molecular formula is C14H17Cl2N3O2S. The van der Waals surface area contributed by atoms with Crippen LogP contribution in [-0.4, -0.2) is 35.1 Å². The second-order valence-electron chi connectivity index (χ2n) is 5.32. The number of amides is 1. The molecule has 22 heavy (non-hydrogen) atoms. The quantitative estimate of drug-likeness (QED) is 0.910. The van der Waals surface area contributed by atoms with Crippen LogP contribution in [-0.2, 0) is 0 Å². The molecular weight excluding hydrogens is 345 g/mol. The summed E-state index contributed by atoms with van der Waals surface area (Å²) in [6.07, 6.45) is 0.938. The smallest absolute Gasteiger partial charge is 0.276 e. The first kappa shape index (κ1) is 17.3. The van der Waals surface area contributed by atoms with Gasteiger partial charge in [0.2, 0.25) is 0 Å². The molecule has 0 spiro atoms. The summed E-state index contributed by atoms with van der Waals surface area (Å²) in [6.45, 7) is 3.32. The van der Waals surface area contributed by atoms with Crippen LogP contribution in [0.15, 0.2) is 22.7 Å². The topological polar surface area (TPSA) is 72.4 Å². The van der Waals surface area contributed by atoms with Crippen LogP contribution in [0, 0.1) is 5.92 Å². The second-order valence-corrected chi connectivity index (χ2v) is 7.04. The first-order valence-corrected chi connectivity index (χ1v) is 8.01. The zero-order valence-electron chi connectivity index (χ0n) is 12.0. The number of halogens is 2. The Balaban J connectivity index is 0.00000176. The molecule has 2 N–H and O–H groups in total. The number of hydrogen-bond donors (Lipinski definition) is 1. The first-order chi connectivity index (χ1) is 10.1. The molecule has 2 unspecified atom stereocenters. The van der Waals surface area contributed by atoms with Gasteiger partial charge in [-0.3, -0.25) is 4.79 Å². The molecule has 8 heteroatoms.